The normalized spacial score (nSPS) is 14.6. The number of anilines is 1. The number of nitrogens with two attached hydrogens (primary N) is 1. The van der Waals surface area contributed by atoms with E-state index in [2.05, 4.69) is 67.4 Å². The number of methoxy groups -OCH3 is 1. The zero-order chi connectivity index (χ0) is 27.8. The van der Waals surface area contributed by atoms with Gasteiger partial charge in [-0.25, -0.2) is 24.6 Å². The lowest BCUT2D eigenvalue weighted by Crippen LogP contribution is -2.34. The number of nitrogen functional groups attached to an aromatic ring is 1. The van der Waals surface area contributed by atoms with Gasteiger partial charge in [0.05, 0.1) is 41.3 Å². The zero-order valence-electron chi connectivity index (χ0n) is 22.8. The van der Waals surface area contributed by atoms with Crippen molar-refractivity contribution in [3.63, 3.8) is 0 Å². The predicted octanol–water partition coefficient (Wildman–Crippen LogP) is 5.53. The second-order valence-electron chi connectivity index (χ2n) is 10.4. The Hall–Kier alpha value is -4.89. The average molecular weight is 543 g/mol. The van der Waals surface area contributed by atoms with Crippen molar-refractivity contribution >= 4 is 27.8 Å². The van der Waals surface area contributed by atoms with Crippen LogP contribution in [0.5, 0.6) is 5.88 Å². The summed E-state index contributed by atoms with van der Waals surface area (Å²) in [6.45, 7) is 2.89. The maximum Gasteiger partial charge on any atom is 0.222 e. The van der Waals surface area contributed by atoms with Crippen LogP contribution < -0.4 is 10.5 Å². The van der Waals surface area contributed by atoms with Gasteiger partial charge in [-0.05, 0) is 36.1 Å². The van der Waals surface area contributed by atoms with Crippen LogP contribution in [0.1, 0.15) is 24.4 Å². The molecule has 0 unspecified atom stereocenters. The van der Waals surface area contributed by atoms with E-state index >= 15 is 0 Å². The number of piperidine rings is 1. The first-order chi connectivity index (χ1) is 20.2. The van der Waals surface area contributed by atoms with Crippen molar-refractivity contribution in [3.05, 3.63) is 91.0 Å². The van der Waals surface area contributed by atoms with Gasteiger partial charge in [0.15, 0.2) is 5.65 Å². The Morgan fingerprint density at radius 3 is 2.49 bits per heavy atom. The van der Waals surface area contributed by atoms with Gasteiger partial charge in [-0.15, -0.1) is 0 Å². The molecule has 0 saturated carbocycles. The topological polar surface area (TPSA) is 108 Å². The summed E-state index contributed by atoms with van der Waals surface area (Å²) < 4.78 is 7.55. The summed E-state index contributed by atoms with van der Waals surface area (Å²) in [5.74, 6) is 1.06. The minimum Gasteiger partial charge on any atom is -0.481 e. The highest BCUT2D eigenvalue weighted by atomic mass is 16.5. The highest BCUT2D eigenvalue weighted by Gasteiger charge is 2.23. The van der Waals surface area contributed by atoms with Gasteiger partial charge in [-0.1, -0.05) is 54.6 Å². The fraction of sp³-hybridized carbons (Fsp3) is 0.219. The number of nitrogens with zero attached hydrogens (tertiary/aromatic N) is 7. The van der Waals surface area contributed by atoms with Crippen LogP contribution in [-0.4, -0.2) is 54.8 Å². The number of rotatable bonds is 6. The molecular formula is C32H30N8O. The lowest BCUT2D eigenvalue weighted by Gasteiger charge is -2.32. The Kier molecular flexibility index (Phi) is 6.48. The van der Waals surface area contributed by atoms with Crippen molar-refractivity contribution < 1.29 is 4.74 Å². The van der Waals surface area contributed by atoms with Gasteiger partial charge in [0.25, 0.3) is 0 Å². The van der Waals surface area contributed by atoms with E-state index in [-0.39, 0.29) is 0 Å². The minimum absolute atomic E-state index is 0.310. The molecule has 0 atom stereocenters. The molecule has 1 aliphatic heterocycles. The molecule has 0 amide bonds. The molecule has 1 saturated heterocycles. The van der Waals surface area contributed by atoms with E-state index in [1.54, 1.807) is 19.5 Å². The van der Waals surface area contributed by atoms with Crippen LogP contribution in [-0.2, 0) is 6.54 Å². The van der Waals surface area contributed by atoms with Crippen LogP contribution in [0.15, 0.2) is 85.5 Å². The van der Waals surface area contributed by atoms with Crippen LogP contribution >= 0.6 is 0 Å². The maximum atomic E-state index is 6.00. The van der Waals surface area contributed by atoms with Gasteiger partial charge in [0.2, 0.25) is 5.88 Å². The van der Waals surface area contributed by atoms with Crippen molar-refractivity contribution in [2.45, 2.75) is 25.4 Å². The van der Waals surface area contributed by atoms with E-state index in [1.807, 2.05) is 28.9 Å². The quantitative estimate of drug-likeness (QED) is 0.293. The van der Waals surface area contributed by atoms with E-state index in [1.165, 1.54) is 11.9 Å². The highest BCUT2D eigenvalue weighted by molar-refractivity contribution is 5.93. The van der Waals surface area contributed by atoms with E-state index in [0.717, 1.165) is 76.8 Å². The molecule has 7 rings (SSSR count). The Bertz CT molecular complexity index is 1830. The van der Waals surface area contributed by atoms with Gasteiger partial charge in [0, 0.05) is 37.0 Å². The monoisotopic (exact) mass is 542 g/mol. The van der Waals surface area contributed by atoms with Crippen LogP contribution in [0.25, 0.3) is 44.3 Å². The molecule has 0 radical (unpaired) electrons. The first kappa shape index (κ1) is 25.1. The fourth-order valence-corrected chi connectivity index (χ4v) is 5.79. The van der Waals surface area contributed by atoms with Gasteiger partial charge < -0.3 is 10.5 Å². The van der Waals surface area contributed by atoms with Gasteiger partial charge in [0.1, 0.15) is 12.1 Å². The average Bonchev–Trinajstić information content (AvgIpc) is 3.47. The Labute approximate surface area is 237 Å². The first-order valence-electron chi connectivity index (χ1n) is 13.8. The number of likely N-dealkylation sites (tertiary alicyclic amines) is 1. The number of ether oxygens (including phenoxy) is 1. The lowest BCUT2D eigenvalue weighted by molar-refractivity contribution is 0.175. The van der Waals surface area contributed by atoms with E-state index in [4.69, 9.17) is 15.5 Å². The molecule has 9 nitrogen and oxygen atoms in total. The Morgan fingerprint density at radius 2 is 1.71 bits per heavy atom. The first-order valence-corrected chi connectivity index (χ1v) is 13.8. The second-order valence-corrected chi connectivity index (χ2v) is 10.4. The third-order valence-corrected chi connectivity index (χ3v) is 7.94. The van der Waals surface area contributed by atoms with Gasteiger partial charge in [-0.2, -0.15) is 5.10 Å². The summed E-state index contributed by atoms with van der Waals surface area (Å²) >= 11 is 0. The van der Waals surface area contributed by atoms with E-state index in [9.17, 15) is 0 Å². The largest absolute Gasteiger partial charge is 0.481 e. The molecule has 0 aliphatic carbocycles. The number of hydrogen-bond donors (Lipinski definition) is 1. The predicted molar refractivity (Wildman–Crippen MR) is 160 cm³/mol. The molecule has 1 fully saturated rings. The van der Waals surface area contributed by atoms with Crippen molar-refractivity contribution in [1.29, 1.82) is 0 Å². The van der Waals surface area contributed by atoms with Gasteiger partial charge in [-0.3, -0.25) is 4.90 Å². The molecule has 0 spiro atoms. The second kappa shape index (κ2) is 10.6. The van der Waals surface area contributed by atoms with Crippen molar-refractivity contribution in [2.24, 2.45) is 0 Å². The smallest absolute Gasteiger partial charge is 0.222 e. The fourth-order valence-electron chi connectivity index (χ4n) is 5.79. The molecular weight excluding hydrogens is 512 g/mol. The van der Waals surface area contributed by atoms with Crippen LogP contribution in [0.2, 0.25) is 0 Å². The lowest BCUT2D eigenvalue weighted by atomic mass is 9.97. The van der Waals surface area contributed by atoms with E-state index in [0.29, 0.717) is 17.7 Å². The molecule has 204 valence electrons. The van der Waals surface area contributed by atoms with Crippen LogP contribution in [0.3, 0.4) is 0 Å². The molecule has 41 heavy (non-hydrogen) atoms. The summed E-state index contributed by atoms with van der Waals surface area (Å²) in [5, 5.41) is 6.31. The van der Waals surface area contributed by atoms with Gasteiger partial charge >= 0.3 is 0 Å². The summed E-state index contributed by atoms with van der Waals surface area (Å²) in [5.41, 5.74) is 13.1. The third kappa shape index (κ3) is 4.74. The van der Waals surface area contributed by atoms with E-state index < -0.39 is 0 Å². The molecule has 9 heteroatoms. The Balaban J connectivity index is 1.10. The maximum absolute atomic E-state index is 6.00. The SMILES string of the molecule is COc1nccc2nc(-c3ccc(CN4CCC(n5ncc6c(N)ncnc65)CC4)cc3)c(-c3ccccc3)cc12. The molecule has 4 aromatic heterocycles. The third-order valence-electron chi connectivity index (χ3n) is 7.94. The molecule has 5 heterocycles. The number of fused-ring (bicyclic) bond motifs is 2. The van der Waals surface area contributed by atoms with Crippen molar-refractivity contribution in [1.82, 2.24) is 34.6 Å². The number of benzene rings is 2. The zero-order valence-corrected chi connectivity index (χ0v) is 22.8. The molecule has 1 aliphatic rings. The summed E-state index contributed by atoms with van der Waals surface area (Å²) in [6, 6.07) is 23.5. The summed E-state index contributed by atoms with van der Waals surface area (Å²) in [6.07, 6.45) is 7.06. The molecule has 6 aromatic rings. The van der Waals surface area contributed by atoms with Crippen molar-refractivity contribution in [3.8, 4) is 28.3 Å². The van der Waals surface area contributed by atoms with Crippen LogP contribution in [0, 0.1) is 0 Å². The molecule has 2 N–H and O–H groups in total. The standard InChI is InChI=1S/C32H30N8O/c1-41-32-26-17-25(22-5-3-2-4-6-22)29(38-28(26)11-14-34-32)23-9-7-21(8-10-23)19-39-15-12-24(13-16-39)40-31-27(18-37-40)30(33)35-20-36-31/h2-11,14,17-18,20,24H,12-13,15-16,19H2,1H3,(H2,33,35,36). The number of hydrogen-bond acceptors (Lipinski definition) is 8. The molecule has 0 bridgehead atoms. The van der Waals surface area contributed by atoms with Crippen LogP contribution in [0.4, 0.5) is 5.82 Å². The summed E-state index contributed by atoms with van der Waals surface area (Å²) in [7, 11) is 1.64. The van der Waals surface area contributed by atoms with Crippen molar-refractivity contribution in [2.75, 3.05) is 25.9 Å². The minimum atomic E-state index is 0.310. The summed E-state index contributed by atoms with van der Waals surface area (Å²) in [4.78, 5) is 20.5. The highest BCUT2D eigenvalue weighted by Crippen LogP contribution is 2.36. The number of pyridine rings is 2. The Morgan fingerprint density at radius 1 is 0.902 bits per heavy atom. The molecule has 2 aromatic carbocycles. The number of aromatic nitrogens is 6.